The molecule has 2 N–H and O–H groups in total. The molecule has 1 aromatic heterocycles. The average Bonchev–Trinajstić information content (AvgIpc) is 2.69. The Morgan fingerprint density at radius 2 is 2.11 bits per heavy atom. The van der Waals surface area contributed by atoms with Crippen molar-refractivity contribution in [1.29, 1.82) is 0 Å². The molecule has 110 valence electrons. The third-order valence-corrected chi connectivity index (χ3v) is 5.66. The van der Waals surface area contributed by atoms with E-state index in [9.17, 15) is 8.42 Å². The lowest BCUT2D eigenvalue weighted by molar-refractivity contribution is 0.388. The van der Waals surface area contributed by atoms with Gasteiger partial charge in [-0.2, -0.15) is 5.10 Å². The van der Waals surface area contributed by atoms with E-state index in [2.05, 4.69) is 5.10 Å². The summed E-state index contributed by atoms with van der Waals surface area (Å²) in [5, 5.41) is 4.21. The first-order valence-corrected chi connectivity index (χ1v) is 8.10. The van der Waals surface area contributed by atoms with E-state index in [0.717, 1.165) is 6.42 Å². The van der Waals surface area contributed by atoms with Gasteiger partial charge in [-0.15, -0.1) is 0 Å². The maximum absolute atomic E-state index is 11.9. The quantitative estimate of drug-likeness (QED) is 0.848. The molecule has 0 aromatic carbocycles. The van der Waals surface area contributed by atoms with Crippen molar-refractivity contribution in [3.63, 3.8) is 0 Å². The van der Waals surface area contributed by atoms with E-state index in [1.807, 2.05) is 6.92 Å². The Hall–Kier alpha value is -1.08. The van der Waals surface area contributed by atoms with E-state index < -0.39 is 20.6 Å². The maximum atomic E-state index is 11.9. The number of nitrogens with two attached hydrogens (primary N) is 1. The van der Waals surface area contributed by atoms with Gasteiger partial charge in [-0.1, -0.05) is 6.92 Å². The molecule has 7 heteroatoms. The highest BCUT2D eigenvalue weighted by Crippen LogP contribution is 2.35. The van der Waals surface area contributed by atoms with Gasteiger partial charge in [0.1, 0.15) is 0 Å². The molecule has 0 saturated heterocycles. The van der Waals surface area contributed by atoms with Gasteiger partial charge < -0.3 is 10.5 Å². The molecule has 0 saturated carbocycles. The van der Waals surface area contributed by atoms with Crippen molar-refractivity contribution in [2.75, 3.05) is 13.4 Å². The van der Waals surface area contributed by atoms with Crippen LogP contribution in [-0.4, -0.2) is 36.3 Å². The molecule has 0 aliphatic rings. The monoisotopic (exact) mass is 289 g/mol. The number of aromatic nitrogens is 2. The molecule has 0 bridgehead atoms. The Morgan fingerprint density at radius 3 is 2.53 bits per heavy atom. The van der Waals surface area contributed by atoms with Crippen LogP contribution in [0, 0.1) is 0 Å². The Balaban J connectivity index is 3.32. The molecule has 0 spiro atoms. The van der Waals surface area contributed by atoms with Crippen LogP contribution in [-0.2, 0) is 16.4 Å². The second kappa shape index (κ2) is 5.50. The van der Waals surface area contributed by atoms with Crippen molar-refractivity contribution in [1.82, 2.24) is 9.78 Å². The topological polar surface area (TPSA) is 87.2 Å². The SMILES string of the molecule is CCCn1ncc(OC)c1C(N)C(C)(C)S(C)(=O)=O. The number of aryl methyl sites for hydroxylation is 1. The van der Waals surface area contributed by atoms with Gasteiger partial charge in [0.15, 0.2) is 15.6 Å². The number of methoxy groups -OCH3 is 1. The molecule has 1 atom stereocenters. The smallest absolute Gasteiger partial charge is 0.161 e. The first-order valence-electron chi connectivity index (χ1n) is 6.21. The Bertz CT molecular complexity index is 534. The number of ether oxygens (including phenoxy) is 1. The second-order valence-electron chi connectivity index (χ2n) is 5.17. The molecule has 1 unspecified atom stereocenters. The summed E-state index contributed by atoms with van der Waals surface area (Å²) in [6.45, 7) is 5.93. The first kappa shape index (κ1) is 16.0. The van der Waals surface area contributed by atoms with Gasteiger partial charge in [-0.25, -0.2) is 8.42 Å². The zero-order valence-corrected chi connectivity index (χ0v) is 13.0. The van der Waals surface area contributed by atoms with Crippen LogP contribution in [0.1, 0.15) is 38.9 Å². The molecule has 1 aromatic rings. The fourth-order valence-corrected chi connectivity index (χ4v) is 2.37. The second-order valence-corrected chi connectivity index (χ2v) is 7.77. The summed E-state index contributed by atoms with van der Waals surface area (Å²) < 4.78 is 29.7. The van der Waals surface area contributed by atoms with Gasteiger partial charge >= 0.3 is 0 Å². The van der Waals surface area contributed by atoms with Crippen LogP contribution >= 0.6 is 0 Å². The van der Waals surface area contributed by atoms with Gasteiger partial charge in [-0.3, -0.25) is 4.68 Å². The van der Waals surface area contributed by atoms with Crippen molar-refractivity contribution >= 4 is 9.84 Å². The van der Waals surface area contributed by atoms with Crippen molar-refractivity contribution in [2.24, 2.45) is 5.73 Å². The van der Waals surface area contributed by atoms with Crippen LogP contribution in [0.15, 0.2) is 6.20 Å². The molecule has 0 radical (unpaired) electrons. The zero-order valence-electron chi connectivity index (χ0n) is 12.2. The van der Waals surface area contributed by atoms with E-state index in [0.29, 0.717) is 18.0 Å². The van der Waals surface area contributed by atoms with E-state index in [4.69, 9.17) is 10.5 Å². The molecular formula is C12H23N3O3S. The lowest BCUT2D eigenvalue weighted by atomic mass is 10.00. The number of hydrogen-bond acceptors (Lipinski definition) is 5. The summed E-state index contributed by atoms with van der Waals surface area (Å²) in [5.74, 6) is 0.526. The largest absolute Gasteiger partial charge is 0.493 e. The van der Waals surface area contributed by atoms with Crippen molar-refractivity contribution in [2.45, 2.75) is 44.5 Å². The zero-order chi connectivity index (χ0) is 14.8. The molecular weight excluding hydrogens is 266 g/mol. The summed E-state index contributed by atoms with van der Waals surface area (Å²) in [4.78, 5) is 0. The van der Waals surface area contributed by atoms with Gasteiger partial charge in [0, 0.05) is 12.8 Å². The fourth-order valence-electron chi connectivity index (χ4n) is 1.80. The van der Waals surface area contributed by atoms with Crippen molar-refractivity contribution < 1.29 is 13.2 Å². The molecule has 6 nitrogen and oxygen atoms in total. The minimum Gasteiger partial charge on any atom is -0.493 e. The van der Waals surface area contributed by atoms with Gasteiger partial charge in [0.05, 0.1) is 29.8 Å². The van der Waals surface area contributed by atoms with Crippen LogP contribution in [0.3, 0.4) is 0 Å². The molecule has 0 aliphatic heterocycles. The van der Waals surface area contributed by atoms with Gasteiger partial charge in [0.2, 0.25) is 0 Å². The summed E-state index contributed by atoms with van der Waals surface area (Å²) in [5.41, 5.74) is 6.82. The Morgan fingerprint density at radius 1 is 1.53 bits per heavy atom. The first-order chi connectivity index (χ1) is 8.66. The highest BCUT2D eigenvalue weighted by molar-refractivity contribution is 7.92. The maximum Gasteiger partial charge on any atom is 0.161 e. The van der Waals surface area contributed by atoms with Crippen LogP contribution in [0.5, 0.6) is 5.75 Å². The van der Waals surface area contributed by atoms with E-state index >= 15 is 0 Å². The summed E-state index contributed by atoms with van der Waals surface area (Å²) >= 11 is 0. The van der Waals surface area contributed by atoms with E-state index in [1.54, 1.807) is 24.7 Å². The molecule has 1 heterocycles. The minimum absolute atomic E-state index is 0.526. The predicted molar refractivity (Wildman–Crippen MR) is 74.9 cm³/mol. The normalized spacial score (nSPS) is 14.4. The number of nitrogens with zero attached hydrogens (tertiary/aromatic N) is 2. The van der Waals surface area contributed by atoms with Crippen LogP contribution in [0.25, 0.3) is 0 Å². The minimum atomic E-state index is -3.31. The van der Waals surface area contributed by atoms with Crippen LogP contribution < -0.4 is 10.5 Å². The third-order valence-electron chi connectivity index (χ3n) is 3.50. The highest BCUT2D eigenvalue weighted by atomic mass is 32.2. The fraction of sp³-hybridized carbons (Fsp3) is 0.750. The Labute approximate surface area is 114 Å². The predicted octanol–water partition coefficient (Wildman–Crippen LogP) is 1.12. The number of sulfone groups is 1. The average molecular weight is 289 g/mol. The Kier molecular flexibility index (Phi) is 4.63. The van der Waals surface area contributed by atoms with E-state index in [1.165, 1.54) is 13.4 Å². The van der Waals surface area contributed by atoms with Gasteiger partial charge in [0.25, 0.3) is 0 Å². The summed E-state index contributed by atoms with van der Waals surface area (Å²) in [6, 6.07) is -0.702. The van der Waals surface area contributed by atoms with Crippen LogP contribution in [0.2, 0.25) is 0 Å². The van der Waals surface area contributed by atoms with Crippen LogP contribution in [0.4, 0.5) is 0 Å². The van der Waals surface area contributed by atoms with Crippen molar-refractivity contribution in [3.05, 3.63) is 11.9 Å². The van der Waals surface area contributed by atoms with Crippen molar-refractivity contribution in [3.8, 4) is 5.75 Å². The molecule has 0 fully saturated rings. The van der Waals surface area contributed by atoms with Gasteiger partial charge in [-0.05, 0) is 20.3 Å². The lowest BCUT2D eigenvalue weighted by Gasteiger charge is -2.30. The molecule has 0 amide bonds. The number of rotatable bonds is 6. The standard InChI is InChI=1S/C12H23N3O3S/c1-6-7-15-10(9(18-4)8-14-15)11(13)12(2,3)19(5,16)17/h8,11H,6-7,13H2,1-5H3. The van der Waals surface area contributed by atoms with E-state index in [-0.39, 0.29) is 0 Å². The molecule has 19 heavy (non-hydrogen) atoms. The molecule has 1 rings (SSSR count). The summed E-state index contributed by atoms with van der Waals surface area (Å²) in [7, 11) is -1.78. The lowest BCUT2D eigenvalue weighted by Crippen LogP contribution is -2.43. The molecule has 0 aliphatic carbocycles. The summed E-state index contributed by atoms with van der Waals surface area (Å²) in [6.07, 6.45) is 3.65. The third kappa shape index (κ3) is 2.92. The highest BCUT2D eigenvalue weighted by Gasteiger charge is 2.40. The number of hydrogen-bond donors (Lipinski definition) is 1.